The second kappa shape index (κ2) is 6.73. The smallest absolute Gasteiger partial charge is 0.459 e. The molecule has 1 heterocycles. The van der Waals surface area contributed by atoms with E-state index in [0.717, 1.165) is 12.5 Å². The summed E-state index contributed by atoms with van der Waals surface area (Å²) in [5.74, 6) is -13.9. The molecular formula is C21H21F7O4. The van der Waals surface area contributed by atoms with Crippen LogP contribution in [0, 0.1) is 23.7 Å². The number of ether oxygens (including phenoxy) is 1. The fourth-order valence-electron chi connectivity index (χ4n) is 6.47. The average Bonchev–Trinajstić information content (AvgIpc) is 2.66. The lowest BCUT2D eigenvalue weighted by Crippen LogP contribution is -2.77. The number of benzene rings is 1. The van der Waals surface area contributed by atoms with E-state index in [1.54, 1.807) is 0 Å². The van der Waals surface area contributed by atoms with Crippen molar-refractivity contribution in [2.75, 3.05) is 6.61 Å². The van der Waals surface area contributed by atoms with Gasteiger partial charge in [0.05, 0.1) is 0 Å². The Kier molecular flexibility index (Phi) is 4.67. The number of hydrogen-bond donors (Lipinski definition) is 1. The molecule has 1 aromatic carbocycles. The van der Waals surface area contributed by atoms with E-state index >= 15 is 0 Å². The molecule has 1 N–H and O–H groups in total. The van der Waals surface area contributed by atoms with Crippen LogP contribution in [0.3, 0.4) is 0 Å². The SMILES string of the molecule is Oc1cccc(C2(OCC(F)(F)C(F)(F)C(F)(F)F)OOC23C2CC4CC(C2)CC3C4)c1. The number of halogens is 7. The summed E-state index contributed by atoms with van der Waals surface area (Å²) in [7, 11) is 0. The van der Waals surface area contributed by atoms with Gasteiger partial charge in [0.25, 0.3) is 5.79 Å². The van der Waals surface area contributed by atoms with Crippen LogP contribution in [-0.2, 0) is 20.3 Å². The largest absolute Gasteiger partial charge is 0.508 e. The predicted octanol–water partition coefficient (Wildman–Crippen LogP) is 5.55. The lowest BCUT2D eigenvalue weighted by molar-refractivity contribution is -0.650. The second-order valence-corrected chi connectivity index (χ2v) is 9.50. The molecule has 1 aliphatic heterocycles. The van der Waals surface area contributed by atoms with Crippen LogP contribution < -0.4 is 0 Å². The van der Waals surface area contributed by atoms with E-state index in [0.29, 0.717) is 37.5 Å². The fraction of sp³-hybridized carbons (Fsp3) is 0.714. The highest BCUT2D eigenvalue weighted by Gasteiger charge is 2.79. The van der Waals surface area contributed by atoms with E-state index in [-0.39, 0.29) is 23.1 Å². The molecule has 1 saturated heterocycles. The molecule has 11 heteroatoms. The minimum absolute atomic E-state index is 0.0300. The molecule has 4 saturated carbocycles. The number of rotatable bonds is 5. The zero-order valence-electron chi connectivity index (χ0n) is 16.7. The van der Waals surface area contributed by atoms with Crippen molar-refractivity contribution in [3.63, 3.8) is 0 Å². The van der Waals surface area contributed by atoms with Crippen LogP contribution in [0.15, 0.2) is 24.3 Å². The standard InChI is InChI=1S/C21H21F7O4/c22-17(23,20(24,25)21(26,27)28)10-30-19(13-2-1-3-16(29)9-13)18(31-32-19)14-5-11-4-12(7-14)8-15(18)6-11/h1-3,9,11-12,14-15,29H,4-8,10H2. The molecule has 32 heavy (non-hydrogen) atoms. The van der Waals surface area contributed by atoms with Gasteiger partial charge in [-0.1, -0.05) is 12.1 Å². The molecule has 0 amide bonds. The normalized spacial score (nSPS) is 38.8. The van der Waals surface area contributed by atoms with Gasteiger partial charge in [-0.3, -0.25) is 0 Å². The third kappa shape index (κ3) is 2.79. The molecule has 4 bridgehead atoms. The van der Waals surface area contributed by atoms with Crippen molar-refractivity contribution < 1.29 is 50.4 Å². The van der Waals surface area contributed by atoms with Gasteiger partial charge in [0.1, 0.15) is 12.4 Å². The molecule has 0 radical (unpaired) electrons. The molecule has 5 aliphatic rings. The molecule has 1 unspecified atom stereocenters. The third-order valence-electron chi connectivity index (χ3n) is 7.66. The summed E-state index contributed by atoms with van der Waals surface area (Å²) in [4.78, 5) is 10.8. The lowest BCUT2D eigenvalue weighted by atomic mass is 9.47. The van der Waals surface area contributed by atoms with Gasteiger partial charge in [-0.15, -0.1) is 0 Å². The van der Waals surface area contributed by atoms with Crippen LogP contribution in [0.2, 0.25) is 0 Å². The summed E-state index contributed by atoms with van der Waals surface area (Å²) >= 11 is 0. The Morgan fingerprint density at radius 3 is 1.97 bits per heavy atom. The van der Waals surface area contributed by atoms with Crippen LogP contribution in [0.4, 0.5) is 30.7 Å². The van der Waals surface area contributed by atoms with Crippen molar-refractivity contribution in [1.29, 1.82) is 0 Å². The number of aromatic hydroxyl groups is 1. The van der Waals surface area contributed by atoms with Gasteiger partial charge in [0.15, 0.2) is 5.60 Å². The lowest BCUT2D eigenvalue weighted by Gasteiger charge is -2.69. The Hall–Kier alpha value is -1.59. The van der Waals surface area contributed by atoms with Gasteiger partial charge in [-0.25, -0.2) is 4.89 Å². The number of phenolic OH excluding ortho intramolecular Hbond substituents is 1. The van der Waals surface area contributed by atoms with Gasteiger partial charge in [-0.05, 0) is 67.9 Å². The average molecular weight is 470 g/mol. The molecule has 178 valence electrons. The van der Waals surface area contributed by atoms with Crippen molar-refractivity contribution in [3.8, 4) is 5.75 Å². The van der Waals surface area contributed by atoms with Gasteiger partial charge < -0.3 is 9.84 Å². The van der Waals surface area contributed by atoms with Gasteiger partial charge in [0.2, 0.25) is 0 Å². The van der Waals surface area contributed by atoms with Crippen molar-refractivity contribution in [3.05, 3.63) is 29.8 Å². The second-order valence-electron chi connectivity index (χ2n) is 9.50. The molecular weight excluding hydrogens is 449 g/mol. The highest BCUT2D eigenvalue weighted by Crippen LogP contribution is 2.69. The summed E-state index contributed by atoms with van der Waals surface area (Å²) in [5, 5.41) is 9.93. The molecule has 4 nitrogen and oxygen atoms in total. The molecule has 1 atom stereocenters. The molecule has 6 rings (SSSR count). The zero-order valence-corrected chi connectivity index (χ0v) is 16.7. The van der Waals surface area contributed by atoms with Gasteiger partial charge in [-0.2, -0.15) is 35.6 Å². The van der Waals surface area contributed by atoms with Crippen molar-refractivity contribution in [2.45, 2.75) is 61.5 Å². The van der Waals surface area contributed by atoms with E-state index < -0.39 is 36.0 Å². The maximum absolute atomic E-state index is 14.2. The van der Waals surface area contributed by atoms with Crippen molar-refractivity contribution >= 4 is 0 Å². The quantitative estimate of drug-likeness (QED) is 0.453. The third-order valence-corrected chi connectivity index (χ3v) is 7.66. The number of hydrogen-bond acceptors (Lipinski definition) is 4. The Morgan fingerprint density at radius 1 is 0.906 bits per heavy atom. The minimum Gasteiger partial charge on any atom is -0.508 e. The Bertz CT molecular complexity index is 874. The van der Waals surface area contributed by atoms with E-state index in [1.807, 2.05) is 0 Å². The molecule has 4 aliphatic carbocycles. The first kappa shape index (κ1) is 22.2. The fourth-order valence-corrected chi connectivity index (χ4v) is 6.47. The highest BCUT2D eigenvalue weighted by molar-refractivity contribution is 5.35. The molecule has 1 spiro atoms. The topological polar surface area (TPSA) is 47.9 Å². The van der Waals surface area contributed by atoms with Crippen molar-refractivity contribution in [1.82, 2.24) is 0 Å². The summed E-state index contributed by atoms with van der Waals surface area (Å²) in [5.41, 5.74) is -1.28. The van der Waals surface area contributed by atoms with Crippen LogP contribution in [-0.4, -0.2) is 35.3 Å². The van der Waals surface area contributed by atoms with E-state index in [1.165, 1.54) is 18.2 Å². The summed E-state index contributed by atoms with van der Waals surface area (Å²) in [6.07, 6.45) is -2.66. The van der Waals surface area contributed by atoms with Crippen LogP contribution in [0.1, 0.15) is 37.7 Å². The minimum atomic E-state index is -6.46. The Labute approximate surface area is 178 Å². The predicted molar refractivity (Wildman–Crippen MR) is 93.6 cm³/mol. The summed E-state index contributed by atoms with van der Waals surface area (Å²) < 4.78 is 98.5. The van der Waals surface area contributed by atoms with E-state index in [9.17, 15) is 35.8 Å². The first-order valence-electron chi connectivity index (χ1n) is 10.4. The van der Waals surface area contributed by atoms with Gasteiger partial charge >= 0.3 is 18.0 Å². The summed E-state index contributed by atoms with van der Waals surface area (Å²) in [6.45, 7) is -2.24. The van der Waals surface area contributed by atoms with E-state index in [2.05, 4.69) is 0 Å². The summed E-state index contributed by atoms with van der Waals surface area (Å²) in [6, 6.07) is 5.22. The molecule has 5 fully saturated rings. The molecule has 1 aromatic rings. The first-order chi connectivity index (χ1) is 14.8. The molecule has 0 aromatic heterocycles. The maximum atomic E-state index is 14.2. The monoisotopic (exact) mass is 470 g/mol. The van der Waals surface area contributed by atoms with Crippen LogP contribution in [0.5, 0.6) is 5.75 Å². The first-order valence-corrected chi connectivity index (χ1v) is 10.4. The van der Waals surface area contributed by atoms with E-state index in [4.69, 9.17) is 14.5 Å². The highest BCUT2D eigenvalue weighted by atomic mass is 19.4. The van der Waals surface area contributed by atoms with Gasteiger partial charge in [0, 0.05) is 5.56 Å². The zero-order chi connectivity index (χ0) is 23.2. The van der Waals surface area contributed by atoms with Crippen molar-refractivity contribution in [2.24, 2.45) is 23.7 Å². The Balaban J connectivity index is 1.53. The Morgan fingerprint density at radius 2 is 1.50 bits per heavy atom. The van der Waals surface area contributed by atoms with Crippen LogP contribution >= 0.6 is 0 Å². The number of alkyl halides is 7. The van der Waals surface area contributed by atoms with Crippen LogP contribution in [0.25, 0.3) is 0 Å². The number of phenols is 1. The maximum Gasteiger partial charge on any atom is 0.459 e.